The monoisotopic (exact) mass is 500 g/mol. The largest absolute Gasteiger partial charge is 0.467 e. The Balaban J connectivity index is 1.24. The van der Waals surface area contributed by atoms with E-state index in [1.165, 1.54) is 7.11 Å². The van der Waals surface area contributed by atoms with Crippen LogP contribution in [0.1, 0.15) is 48.3 Å². The summed E-state index contributed by atoms with van der Waals surface area (Å²) in [4.78, 5) is 37.4. The van der Waals surface area contributed by atoms with Gasteiger partial charge in [0.05, 0.1) is 7.11 Å². The second kappa shape index (κ2) is 12.7. The molecule has 0 bridgehead atoms. The van der Waals surface area contributed by atoms with E-state index in [9.17, 15) is 14.4 Å². The maximum atomic E-state index is 12.8. The van der Waals surface area contributed by atoms with Gasteiger partial charge in [0.1, 0.15) is 12.6 Å². The lowest BCUT2D eigenvalue weighted by Gasteiger charge is -2.24. The summed E-state index contributed by atoms with van der Waals surface area (Å²) in [5.41, 5.74) is 5.08. The van der Waals surface area contributed by atoms with E-state index in [0.717, 1.165) is 40.7 Å². The number of benzene rings is 3. The molecule has 192 valence electrons. The number of ether oxygens (including phenoxy) is 2. The number of carbonyl (C=O) groups excluding carboxylic acids is 3. The highest BCUT2D eigenvalue weighted by Gasteiger charge is 2.39. The van der Waals surface area contributed by atoms with Crippen LogP contribution >= 0.6 is 0 Å². The third-order valence-electron chi connectivity index (χ3n) is 6.55. The zero-order chi connectivity index (χ0) is 26.0. The highest BCUT2D eigenvalue weighted by atomic mass is 16.5. The number of alkyl carbamates (subject to hydrolysis) is 1. The number of nitrogens with one attached hydrogen (secondary N) is 2. The molecule has 0 unspecified atom stereocenters. The third-order valence-corrected chi connectivity index (χ3v) is 6.55. The first kappa shape index (κ1) is 25.9. The molecule has 0 fully saturated rings. The van der Waals surface area contributed by atoms with Gasteiger partial charge >= 0.3 is 12.1 Å². The number of hydrogen-bond donors (Lipinski definition) is 2. The molecule has 1 aliphatic rings. The van der Waals surface area contributed by atoms with Crippen molar-refractivity contribution in [1.29, 1.82) is 0 Å². The molecule has 1 atom stereocenters. The molecule has 0 aromatic heterocycles. The topological polar surface area (TPSA) is 93.7 Å². The first-order valence-electron chi connectivity index (χ1n) is 12.6. The van der Waals surface area contributed by atoms with Crippen molar-refractivity contribution >= 4 is 18.0 Å². The van der Waals surface area contributed by atoms with Crippen LogP contribution in [0.15, 0.2) is 78.9 Å². The maximum Gasteiger partial charge on any atom is 0.407 e. The van der Waals surface area contributed by atoms with E-state index in [-0.39, 0.29) is 24.9 Å². The van der Waals surface area contributed by atoms with E-state index in [2.05, 4.69) is 10.6 Å². The molecule has 2 N–H and O–H groups in total. The summed E-state index contributed by atoms with van der Waals surface area (Å²) >= 11 is 0. The molecule has 0 radical (unpaired) electrons. The van der Waals surface area contributed by atoms with Crippen LogP contribution in [0.4, 0.5) is 4.79 Å². The normalized spacial score (nSPS) is 12.7. The Hall–Kier alpha value is -4.13. The fourth-order valence-electron chi connectivity index (χ4n) is 4.76. The predicted octanol–water partition coefficient (Wildman–Crippen LogP) is 4.94. The van der Waals surface area contributed by atoms with Crippen molar-refractivity contribution in [2.75, 3.05) is 13.7 Å². The van der Waals surface area contributed by atoms with Gasteiger partial charge in [0.15, 0.2) is 0 Å². The van der Waals surface area contributed by atoms with Crippen molar-refractivity contribution in [3.63, 3.8) is 0 Å². The van der Waals surface area contributed by atoms with Crippen molar-refractivity contribution in [2.24, 2.45) is 0 Å². The molecule has 3 aromatic carbocycles. The van der Waals surface area contributed by atoms with E-state index < -0.39 is 18.1 Å². The number of esters is 1. The summed E-state index contributed by atoms with van der Waals surface area (Å²) in [6.07, 6.45) is 1.93. The van der Waals surface area contributed by atoms with Crippen LogP contribution in [0, 0.1) is 0 Å². The number of amides is 2. The van der Waals surface area contributed by atoms with Crippen molar-refractivity contribution in [3.05, 3.63) is 95.6 Å². The Morgan fingerprint density at radius 3 is 2.08 bits per heavy atom. The average Bonchev–Trinajstić information content (AvgIpc) is 3.27. The van der Waals surface area contributed by atoms with Crippen LogP contribution in [-0.2, 0) is 25.7 Å². The SMILES string of the molecule is COC(=O)[C@@H](NC(=O)CCCCCNC(=O)OCc1ccccc1)C1c2ccccc2-c2ccccc21. The Morgan fingerprint density at radius 2 is 1.43 bits per heavy atom. The number of hydrogen-bond acceptors (Lipinski definition) is 5. The molecule has 0 heterocycles. The molecule has 0 saturated heterocycles. The van der Waals surface area contributed by atoms with E-state index in [1.54, 1.807) is 0 Å². The van der Waals surface area contributed by atoms with Gasteiger partial charge < -0.3 is 20.1 Å². The zero-order valence-electron chi connectivity index (χ0n) is 20.9. The summed E-state index contributed by atoms with van der Waals surface area (Å²) in [6.45, 7) is 0.694. The highest BCUT2D eigenvalue weighted by Crippen LogP contribution is 2.46. The number of carbonyl (C=O) groups is 3. The van der Waals surface area contributed by atoms with Crippen LogP contribution in [0.5, 0.6) is 0 Å². The summed E-state index contributed by atoms with van der Waals surface area (Å²) in [6, 6.07) is 24.6. The Bertz CT molecular complexity index is 1180. The summed E-state index contributed by atoms with van der Waals surface area (Å²) in [7, 11) is 1.34. The van der Waals surface area contributed by atoms with E-state index in [1.807, 2.05) is 78.9 Å². The lowest BCUT2D eigenvalue weighted by atomic mass is 9.89. The number of fused-ring (bicyclic) bond motifs is 3. The van der Waals surface area contributed by atoms with Crippen LogP contribution in [0.2, 0.25) is 0 Å². The van der Waals surface area contributed by atoms with Crippen molar-refractivity contribution in [1.82, 2.24) is 10.6 Å². The molecule has 4 rings (SSSR count). The molecule has 0 spiro atoms. The number of methoxy groups -OCH3 is 1. The standard InChI is InChI=1S/C30H32N2O5/c1-36-29(34)28(27-24-16-9-7-14-22(24)23-15-8-10-17-25(23)27)32-26(33)18-6-3-11-19-31-30(35)37-20-21-12-4-2-5-13-21/h2,4-5,7-10,12-17,27-28H,3,6,11,18-20H2,1H3,(H,31,35)(H,32,33)/t28-/m0/s1. The zero-order valence-corrected chi connectivity index (χ0v) is 20.9. The summed E-state index contributed by atoms with van der Waals surface area (Å²) < 4.78 is 10.3. The quantitative estimate of drug-likeness (QED) is 0.287. The molecule has 0 saturated carbocycles. The highest BCUT2D eigenvalue weighted by molar-refractivity contribution is 5.89. The van der Waals surface area contributed by atoms with Gasteiger partial charge in [0.25, 0.3) is 0 Å². The fraction of sp³-hybridized carbons (Fsp3) is 0.300. The van der Waals surface area contributed by atoms with Crippen molar-refractivity contribution in [3.8, 4) is 11.1 Å². The number of rotatable bonds is 11. The van der Waals surface area contributed by atoms with Crippen LogP contribution in [-0.4, -0.2) is 37.7 Å². The molecule has 0 aliphatic heterocycles. The van der Waals surface area contributed by atoms with Crippen LogP contribution in [0.25, 0.3) is 11.1 Å². The van der Waals surface area contributed by atoms with Crippen LogP contribution < -0.4 is 10.6 Å². The molecule has 7 nitrogen and oxygen atoms in total. The van der Waals surface area contributed by atoms with Gasteiger partial charge in [-0.15, -0.1) is 0 Å². The van der Waals surface area contributed by atoms with Crippen molar-refractivity contribution < 1.29 is 23.9 Å². The van der Waals surface area contributed by atoms with Gasteiger partial charge in [-0.1, -0.05) is 85.3 Å². The molecule has 1 aliphatic carbocycles. The Labute approximate surface area is 217 Å². The van der Waals surface area contributed by atoms with Gasteiger partial charge in [-0.05, 0) is 40.7 Å². The van der Waals surface area contributed by atoms with Gasteiger partial charge in [0, 0.05) is 18.9 Å². The van der Waals surface area contributed by atoms with E-state index in [0.29, 0.717) is 13.0 Å². The third kappa shape index (κ3) is 6.55. The molecule has 37 heavy (non-hydrogen) atoms. The Morgan fingerprint density at radius 1 is 0.811 bits per heavy atom. The van der Waals surface area contributed by atoms with Gasteiger partial charge in [0.2, 0.25) is 5.91 Å². The van der Waals surface area contributed by atoms with E-state index in [4.69, 9.17) is 9.47 Å². The van der Waals surface area contributed by atoms with Crippen molar-refractivity contribution in [2.45, 2.75) is 44.2 Å². The first-order valence-corrected chi connectivity index (χ1v) is 12.6. The molecular formula is C30H32N2O5. The minimum Gasteiger partial charge on any atom is -0.467 e. The lowest BCUT2D eigenvalue weighted by Crippen LogP contribution is -2.45. The number of unbranched alkanes of at least 4 members (excludes halogenated alkanes) is 2. The summed E-state index contributed by atoms with van der Waals surface area (Å²) in [5.74, 6) is -0.981. The smallest absolute Gasteiger partial charge is 0.407 e. The molecular weight excluding hydrogens is 468 g/mol. The second-order valence-corrected chi connectivity index (χ2v) is 9.02. The van der Waals surface area contributed by atoms with Gasteiger partial charge in [-0.25, -0.2) is 9.59 Å². The summed E-state index contributed by atoms with van der Waals surface area (Å²) in [5, 5.41) is 5.66. The minimum atomic E-state index is -0.816. The molecule has 2 amide bonds. The Kier molecular flexibility index (Phi) is 8.92. The van der Waals surface area contributed by atoms with E-state index >= 15 is 0 Å². The predicted molar refractivity (Wildman–Crippen MR) is 141 cm³/mol. The lowest BCUT2D eigenvalue weighted by molar-refractivity contribution is -0.145. The van der Waals surface area contributed by atoms with Gasteiger partial charge in [-0.3, -0.25) is 4.79 Å². The molecule has 3 aromatic rings. The first-order chi connectivity index (χ1) is 18.1. The maximum absolute atomic E-state index is 12.8. The average molecular weight is 501 g/mol. The second-order valence-electron chi connectivity index (χ2n) is 9.02. The van der Waals surface area contributed by atoms with Crippen LogP contribution in [0.3, 0.4) is 0 Å². The minimum absolute atomic E-state index is 0.201. The fourth-order valence-corrected chi connectivity index (χ4v) is 4.76. The molecule has 7 heteroatoms. The van der Waals surface area contributed by atoms with Gasteiger partial charge in [-0.2, -0.15) is 0 Å².